The fraction of sp³-hybridized carbons (Fsp3) is 0.318. The number of carbonyl (C=O) groups is 1. The molecular formula is C22H22F2N2O3. The Balaban J connectivity index is 1.58. The summed E-state index contributed by atoms with van der Waals surface area (Å²) in [5, 5.41) is 3.66. The lowest BCUT2D eigenvalue weighted by atomic mass is 10.0. The van der Waals surface area contributed by atoms with E-state index >= 15 is 0 Å². The molecule has 0 aliphatic carbocycles. The van der Waals surface area contributed by atoms with Gasteiger partial charge in [0, 0.05) is 30.1 Å². The van der Waals surface area contributed by atoms with E-state index in [0.717, 1.165) is 27.7 Å². The van der Waals surface area contributed by atoms with Crippen LogP contribution in [0.25, 0.3) is 22.2 Å². The highest BCUT2D eigenvalue weighted by Gasteiger charge is 2.29. The van der Waals surface area contributed by atoms with Crippen LogP contribution in [0.15, 0.2) is 42.5 Å². The minimum atomic E-state index is -0.348. The van der Waals surface area contributed by atoms with E-state index in [0.29, 0.717) is 19.6 Å². The summed E-state index contributed by atoms with van der Waals surface area (Å²) in [6, 6.07) is 10.4. The number of rotatable bonds is 6. The van der Waals surface area contributed by atoms with E-state index in [4.69, 9.17) is 9.47 Å². The zero-order chi connectivity index (χ0) is 20.4. The smallest absolute Gasteiger partial charge is 0.220 e. The maximum atomic E-state index is 13.9. The minimum Gasteiger partial charge on any atom is -0.377 e. The van der Waals surface area contributed by atoms with E-state index in [9.17, 15) is 13.6 Å². The fourth-order valence-corrected chi connectivity index (χ4v) is 3.76. The Morgan fingerprint density at radius 2 is 1.93 bits per heavy atom. The summed E-state index contributed by atoms with van der Waals surface area (Å²) in [6.07, 6.45) is 0.480. The lowest BCUT2D eigenvalue weighted by molar-refractivity contribution is -0.122. The van der Waals surface area contributed by atoms with Gasteiger partial charge in [0.05, 0.1) is 19.3 Å². The Kier molecular flexibility index (Phi) is 5.60. The predicted octanol–water partition coefficient (Wildman–Crippen LogP) is 3.58. The molecule has 152 valence electrons. The normalized spacial score (nSPS) is 19.0. The molecule has 5 nitrogen and oxygen atoms in total. The van der Waals surface area contributed by atoms with Crippen molar-refractivity contribution in [1.82, 2.24) is 10.3 Å². The number of H-pyrrole nitrogens is 1. The number of ether oxygens (including phenoxy) is 2. The van der Waals surface area contributed by atoms with Crippen LogP contribution in [0.5, 0.6) is 0 Å². The van der Waals surface area contributed by atoms with Gasteiger partial charge in [-0.1, -0.05) is 0 Å². The summed E-state index contributed by atoms with van der Waals surface area (Å²) < 4.78 is 37.9. The van der Waals surface area contributed by atoms with Crippen LogP contribution in [-0.2, 0) is 20.7 Å². The third-order valence-corrected chi connectivity index (χ3v) is 5.28. The number of methoxy groups -OCH3 is 1. The zero-order valence-electron chi connectivity index (χ0n) is 16.0. The van der Waals surface area contributed by atoms with Gasteiger partial charge < -0.3 is 19.8 Å². The SMILES string of the molecule is CO[C@@H]1COC[C@H]1NC(=O)CCc1c(-c2ccc(F)cc2)[nH]c2ccc(F)cc12. The molecule has 1 aliphatic rings. The Bertz CT molecular complexity index is 1020. The molecule has 1 fully saturated rings. The number of benzene rings is 2. The molecule has 2 atom stereocenters. The van der Waals surface area contributed by atoms with E-state index in [1.807, 2.05) is 0 Å². The number of aromatic amines is 1. The van der Waals surface area contributed by atoms with Crippen molar-refractivity contribution >= 4 is 16.8 Å². The fourth-order valence-electron chi connectivity index (χ4n) is 3.76. The highest BCUT2D eigenvalue weighted by molar-refractivity contribution is 5.91. The minimum absolute atomic E-state index is 0.127. The molecule has 0 spiro atoms. The summed E-state index contributed by atoms with van der Waals surface area (Å²) >= 11 is 0. The zero-order valence-corrected chi connectivity index (χ0v) is 16.0. The molecule has 1 aromatic heterocycles. The van der Waals surface area contributed by atoms with Crippen molar-refractivity contribution in [3.8, 4) is 11.3 Å². The van der Waals surface area contributed by atoms with Crippen LogP contribution in [0, 0.1) is 11.6 Å². The Morgan fingerprint density at radius 3 is 2.69 bits per heavy atom. The van der Waals surface area contributed by atoms with Crippen LogP contribution in [0.4, 0.5) is 8.78 Å². The van der Waals surface area contributed by atoms with Crippen LogP contribution in [-0.4, -0.2) is 43.4 Å². The quantitative estimate of drug-likeness (QED) is 0.665. The van der Waals surface area contributed by atoms with Gasteiger partial charge in [-0.15, -0.1) is 0 Å². The van der Waals surface area contributed by atoms with Crippen molar-refractivity contribution in [3.05, 3.63) is 59.7 Å². The van der Waals surface area contributed by atoms with E-state index < -0.39 is 0 Å². The number of amides is 1. The molecule has 1 aliphatic heterocycles. The maximum absolute atomic E-state index is 13.9. The van der Waals surface area contributed by atoms with E-state index in [1.165, 1.54) is 24.3 Å². The molecule has 1 saturated heterocycles. The first-order valence-corrected chi connectivity index (χ1v) is 9.51. The molecule has 0 unspecified atom stereocenters. The van der Waals surface area contributed by atoms with Crippen LogP contribution >= 0.6 is 0 Å². The topological polar surface area (TPSA) is 63.4 Å². The Labute approximate surface area is 167 Å². The van der Waals surface area contributed by atoms with Crippen LogP contribution < -0.4 is 5.32 Å². The van der Waals surface area contributed by atoms with Crippen LogP contribution in [0.2, 0.25) is 0 Å². The Morgan fingerprint density at radius 1 is 1.17 bits per heavy atom. The molecule has 2 heterocycles. The molecule has 1 amide bonds. The number of halogens is 2. The van der Waals surface area contributed by atoms with E-state index in [2.05, 4.69) is 10.3 Å². The highest BCUT2D eigenvalue weighted by atomic mass is 19.1. The number of aromatic nitrogens is 1. The van der Waals surface area contributed by atoms with Crippen LogP contribution in [0.1, 0.15) is 12.0 Å². The van der Waals surface area contributed by atoms with Gasteiger partial charge in [0.15, 0.2) is 0 Å². The molecule has 7 heteroatoms. The van der Waals surface area contributed by atoms with Gasteiger partial charge in [-0.3, -0.25) is 4.79 Å². The van der Waals surface area contributed by atoms with Gasteiger partial charge in [-0.25, -0.2) is 8.78 Å². The largest absolute Gasteiger partial charge is 0.377 e. The summed E-state index contributed by atoms with van der Waals surface area (Å²) in [6.45, 7) is 0.876. The lowest BCUT2D eigenvalue weighted by Crippen LogP contribution is -2.43. The van der Waals surface area contributed by atoms with Gasteiger partial charge >= 0.3 is 0 Å². The molecular weight excluding hydrogens is 378 g/mol. The third-order valence-electron chi connectivity index (χ3n) is 5.28. The second kappa shape index (κ2) is 8.31. The molecule has 2 N–H and O–H groups in total. The monoisotopic (exact) mass is 400 g/mol. The van der Waals surface area contributed by atoms with Gasteiger partial charge in [0.1, 0.15) is 17.7 Å². The standard InChI is InChI=1S/C22H22F2N2O3/c1-28-20-12-29-11-19(20)25-21(27)9-7-16-17-10-15(24)6-8-18(17)26-22(16)13-2-4-14(23)5-3-13/h2-6,8,10,19-20,26H,7,9,11-12H2,1H3,(H,25,27)/t19-,20-/m1/s1. The van der Waals surface area contributed by atoms with Crippen molar-refractivity contribution in [1.29, 1.82) is 0 Å². The molecule has 3 aromatic rings. The highest BCUT2D eigenvalue weighted by Crippen LogP contribution is 2.32. The number of nitrogens with one attached hydrogen (secondary N) is 2. The molecule has 0 saturated carbocycles. The van der Waals surface area contributed by atoms with Crippen molar-refractivity contribution in [3.63, 3.8) is 0 Å². The third kappa shape index (κ3) is 4.16. The van der Waals surface area contributed by atoms with Gasteiger partial charge in [-0.05, 0) is 60.0 Å². The molecule has 29 heavy (non-hydrogen) atoms. The first-order chi connectivity index (χ1) is 14.0. The number of hydrogen-bond acceptors (Lipinski definition) is 3. The lowest BCUT2D eigenvalue weighted by Gasteiger charge is -2.17. The van der Waals surface area contributed by atoms with Crippen molar-refractivity contribution in [2.24, 2.45) is 0 Å². The molecule has 4 rings (SSSR count). The first-order valence-electron chi connectivity index (χ1n) is 9.51. The average molecular weight is 400 g/mol. The summed E-state index contributed by atoms with van der Waals surface area (Å²) in [5.74, 6) is -0.805. The van der Waals surface area contributed by atoms with E-state index in [1.54, 1.807) is 25.3 Å². The maximum Gasteiger partial charge on any atom is 0.220 e. The number of fused-ring (bicyclic) bond motifs is 1. The Hall–Kier alpha value is -2.77. The van der Waals surface area contributed by atoms with Gasteiger partial charge in [-0.2, -0.15) is 0 Å². The second-order valence-corrected chi connectivity index (χ2v) is 7.16. The second-order valence-electron chi connectivity index (χ2n) is 7.16. The van der Waals surface area contributed by atoms with Crippen molar-refractivity contribution in [2.75, 3.05) is 20.3 Å². The first kappa shape index (κ1) is 19.5. The van der Waals surface area contributed by atoms with Crippen molar-refractivity contribution in [2.45, 2.75) is 25.0 Å². The number of carbonyl (C=O) groups excluding carboxylic acids is 1. The van der Waals surface area contributed by atoms with E-state index in [-0.39, 0.29) is 36.1 Å². The average Bonchev–Trinajstić information content (AvgIpc) is 3.30. The molecule has 2 aromatic carbocycles. The van der Waals surface area contributed by atoms with Gasteiger partial charge in [0.25, 0.3) is 0 Å². The molecule has 0 radical (unpaired) electrons. The van der Waals surface area contributed by atoms with Crippen LogP contribution in [0.3, 0.4) is 0 Å². The summed E-state index contributed by atoms with van der Waals surface area (Å²) in [4.78, 5) is 15.8. The summed E-state index contributed by atoms with van der Waals surface area (Å²) in [5.41, 5.74) is 3.14. The summed E-state index contributed by atoms with van der Waals surface area (Å²) in [7, 11) is 1.59. The predicted molar refractivity (Wildman–Crippen MR) is 106 cm³/mol. The number of hydrogen-bond donors (Lipinski definition) is 2. The van der Waals surface area contributed by atoms with Gasteiger partial charge in [0.2, 0.25) is 5.91 Å². The molecule has 0 bridgehead atoms. The number of aryl methyl sites for hydroxylation is 1. The van der Waals surface area contributed by atoms with Crippen molar-refractivity contribution < 1.29 is 23.0 Å².